The maximum Gasteiger partial charge on any atom is 0.0491 e. The van der Waals surface area contributed by atoms with Crippen molar-refractivity contribution in [3.05, 3.63) is 48.5 Å². The van der Waals surface area contributed by atoms with E-state index >= 15 is 0 Å². The Kier molecular flexibility index (Phi) is 2.60. The van der Waals surface area contributed by atoms with E-state index in [1.165, 1.54) is 34.6 Å². The van der Waals surface area contributed by atoms with Crippen molar-refractivity contribution in [3.63, 3.8) is 0 Å². The number of para-hydroxylation sites is 1. The second-order valence-electron chi connectivity index (χ2n) is 4.47. The topological polar surface area (TPSA) is 4.93 Å². The Morgan fingerprint density at radius 3 is 2.76 bits per heavy atom. The monoisotopic (exact) mass is 222 g/mol. The second-order valence-corrected chi connectivity index (χ2v) is 4.47. The summed E-state index contributed by atoms with van der Waals surface area (Å²) in [6.45, 7) is 3.34. The third-order valence-electron chi connectivity index (χ3n) is 3.35. The van der Waals surface area contributed by atoms with Crippen molar-refractivity contribution < 1.29 is 0 Å². The van der Waals surface area contributed by atoms with Crippen LogP contribution in [0.15, 0.2) is 42.5 Å². The van der Waals surface area contributed by atoms with Gasteiger partial charge in [-0.15, -0.1) is 0 Å². The summed E-state index contributed by atoms with van der Waals surface area (Å²) in [6, 6.07) is 18.1. The Morgan fingerprint density at radius 1 is 1.06 bits per heavy atom. The molecule has 0 saturated carbocycles. The molecule has 1 radical (unpaired) electrons. The van der Waals surface area contributed by atoms with Gasteiger partial charge in [0.15, 0.2) is 0 Å². The maximum atomic E-state index is 3.18. The van der Waals surface area contributed by atoms with Crippen LogP contribution >= 0.6 is 0 Å². The van der Waals surface area contributed by atoms with Gasteiger partial charge in [0.2, 0.25) is 0 Å². The predicted octanol–water partition coefficient (Wildman–Crippen LogP) is 4.39. The van der Waals surface area contributed by atoms with Crippen LogP contribution < -0.4 is 0 Å². The third kappa shape index (κ3) is 1.62. The Labute approximate surface area is 102 Å². The number of hydrogen-bond donors (Lipinski definition) is 0. The zero-order valence-corrected chi connectivity index (χ0v) is 10.1. The molecule has 3 aromatic rings. The van der Waals surface area contributed by atoms with E-state index in [1.807, 2.05) is 6.07 Å². The molecular weight excluding hydrogens is 206 g/mol. The molecule has 0 aliphatic carbocycles. The maximum absolute atomic E-state index is 3.18. The van der Waals surface area contributed by atoms with Crippen molar-refractivity contribution in [2.75, 3.05) is 0 Å². The highest BCUT2D eigenvalue weighted by Crippen LogP contribution is 2.28. The van der Waals surface area contributed by atoms with Gasteiger partial charge in [-0.25, -0.2) is 0 Å². The number of rotatable bonds is 3. The molecule has 0 unspecified atom stereocenters. The van der Waals surface area contributed by atoms with Crippen molar-refractivity contribution in [3.8, 4) is 0 Å². The lowest BCUT2D eigenvalue weighted by molar-refractivity contribution is 0.665. The third-order valence-corrected chi connectivity index (χ3v) is 3.35. The minimum absolute atomic E-state index is 1.10. The molecule has 3 rings (SSSR count). The van der Waals surface area contributed by atoms with Gasteiger partial charge >= 0.3 is 0 Å². The molecule has 85 valence electrons. The summed E-state index contributed by atoms with van der Waals surface area (Å²) in [5.74, 6) is 0. The average molecular weight is 222 g/mol. The van der Waals surface area contributed by atoms with E-state index < -0.39 is 0 Å². The van der Waals surface area contributed by atoms with Crippen LogP contribution in [0.3, 0.4) is 0 Å². The number of unbranched alkanes of at least 4 members (excludes halogenated alkanes) is 1. The van der Waals surface area contributed by atoms with Crippen LogP contribution in [0.1, 0.15) is 19.8 Å². The van der Waals surface area contributed by atoms with Gasteiger partial charge in [-0.2, -0.15) is 0 Å². The summed E-state index contributed by atoms with van der Waals surface area (Å²) >= 11 is 0. The first-order valence-electron chi connectivity index (χ1n) is 6.29. The minimum atomic E-state index is 1.10. The minimum Gasteiger partial charge on any atom is -0.340 e. The molecule has 1 heterocycles. The van der Waals surface area contributed by atoms with Crippen LogP contribution in [-0.2, 0) is 6.54 Å². The van der Waals surface area contributed by atoms with Crippen LogP contribution in [0.5, 0.6) is 0 Å². The fourth-order valence-corrected chi connectivity index (χ4v) is 2.50. The molecule has 1 heteroatoms. The summed E-state index contributed by atoms with van der Waals surface area (Å²) in [5, 5.41) is 2.66. The fraction of sp³-hybridized carbons (Fsp3) is 0.250. The van der Waals surface area contributed by atoms with E-state index in [-0.39, 0.29) is 0 Å². The SMILES string of the molecule is CCCCn1c2cc[c]cc2c2ccccc21. The van der Waals surface area contributed by atoms with E-state index in [0.717, 1.165) is 6.54 Å². The van der Waals surface area contributed by atoms with E-state index in [0.29, 0.717) is 0 Å². The molecule has 2 aromatic carbocycles. The summed E-state index contributed by atoms with van der Waals surface area (Å²) in [7, 11) is 0. The molecule has 1 aromatic heterocycles. The van der Waals surface area contributed by atoms with Crippen LogP contribution in [0.25, 0.3) is 21.8 Å². The Hall–Kier alpha value is -1.76. The van der Waals surface area contributed by atoms with Gasteiger partial charge in [0.05, 0.1) is 0 Å². The van der Waals surface area contributed by atoms with Gasteiger partial charge in [0.1, 0.15) is 0 Å². The summed E-state index contributed by atoms with van der Waals surface area (Å²) in [4.78, 5) is 0. The number of nitrogens with zero attached hydrogens (tertiary/aromatic N) is 1. The highest BCUT2D eigenvalue weighted by Gasteiger charge is 2.08. The lowest BCUT2D eigenvalue weighted by Gasteiger charge is -2.05. The first-order chi connectivity index (χ1) is 8.42. The molecule has 0 saturated heterocycles. The smallest absolute Gasteiger partial charge is 0.0491 e. The number of fused-ring (bicyclic) bond motifs is 3. The predicted molar refractivity (Wildman–Crippen MR) is 73.2 cm³/mol. The molecule has 0 fully saturated rings. The van der Waals surface area contributed by atoms with Crippen molar-refractivity contribution >= 4 is 21.8 Å². The molecule has 0 atom stereocenters. The zero-order chi connectivity index (χ0) is 11.7. The first kappa shape index (κ1) is 10.4. The van der Waals surface area contributed by atoms with Crippen LogP contribution in [0, 0.1) is 6.07 Å². The molecule has 0 aliphatic rings. The van der Waals surface area contributed by atoms with E-state index in [2.05, 4.69) is 54.0 Å². The van der Waals surface area contributed by atoms with Crippen molar-refractivity contribution in [2.45, 2.75) is 26.3 Å². The van der Waals surface area contributed by atoms with Crippen LogP contribution in [-0.4, -0.2) is 4.57 Å². The second kappa shape index (κ2) is 4.25. The average Bonchev–Trinajstić information content (AvgIpc) is 2.71. The Balaban J connectivity index is 2.33. The Bertz CT molecular complexity index is 595. The van der Waals surface area contributed by atoms with E-state index in [1.54, 1.807) is 0 Å². The van der Waals surface area contributed by atoms with Crippen LogP contribution in [0.2, 0.25) is 0 Å². The summed E-state index contributed by atoms with van der Waals surface area (Å²) < 4.78 is 2.43. The fourth-order valence-electron chi connectivity index (χ4n) is 2.50. The molecule has 1 nitrogen and oxygen atoms in total. The first-order valence-corrected chi connectivity index (χ1v) is 6.29. The number of aryl methyl sites for hydroxylation is 1. The summed E-state index contributed by atoms with van der Waals surface area (Å²) in [5.41, 5.74) is 2.67. The standard InChI is InChI=1S/C16H16N/c1-2-3-12-17-15-10-6-4-8-13(15)14-9-5-7-11-16(14)17/h4,6-11H,2-3,12H2,1H3. The zero-order valence-electron chi connectivity index (χ0n) is 10.1. The van der Waals surface area contributed by atoms with E-state index in [9.17, 15) is 0 Å². The van der Waals surface area contributed by atoms with Crippen molar-refractivity contribution in [1.29, 1.82) is 0 Å². The molecule has 0 amide bonds. The van der Waals surface area contributed by atoms with Crippen LogP contribution in [0.4, 0.5) is 0 Å². The van der Waals surface area contributed by atoms with Gasteiger partial charge in [-0.3, -0.25) is 0 Å². The highest BCUT2D eigenvalue weighted by atomic mass is 15.0. The van der Waals surface area contributed by atoms with Gasteiger partial charge in [-0.05, 0) is 30.7 Å². The molecule has 0 N–H and O–H groups in total. The molecule has 0 bridgehead atoms. The molecule has 0 spiro atoms. The number of hydrogen-bond acceptors (Lipinski definition) is 0. The molecule has 17 heavy (non-hydrogen) atoms. The van der Waals surface area contributed by atoms with Gasteiger partial charge < -0.3 is 4.57 Å². The number of aromatic nitrogens is 1. The lowest BCUT2D eigenvalue weighted by Crippen LogP contribution is -1.96. The highest BCUT2D eigenvalue weighted by molar-refractivity contribution is 6.07. The molecule has 0 aliphatic heterocycles. The molecular formula is C16H16N. The lowest BCUT2D eigenvalue weighted by atomic mass is 10.2. The van der Waals surface area contributed by atoms with Crippen molar-refractivity contribution in [2.24, 2.45) is 0 Å². The quantitative estimate of drug-likeness (QED) is 0.619. The largest absolute Gasteiger partial charge is 0.340 e. The number of benzene rings is 2. The van der Waals surface area contributed by atoms with Crippen molar-refractivity contribution in [1.82, 2.24) is 4.57 Å². The van der Waals surface area contributed by atoms with Gasteiger partial charge in [0, 0.05) is 28.4 Å². The Morgan fingerprint density at radius 2 is 1.88 bits per heavy atom. The normalized spacial score (nSPS) is 11.4. The van der Waals surface area contributed by atoms with Gasteiger partial charge in [0.25, 0.3) is 0 Å². The summed E-state index contributed by atoms with van der Waals surface area (Å²) in [6.07, 6.45) is 2.46. The van der Waals surface area contributed by atoms with Gasteiger partial charge in [-0.1, -0.05) is 37.6 Å². The van der Waals surface area contributed by atoms with E-state index in [4.69, 9.17) is 0 Å².